The topological polar surface area (TPSA) is 46.2 Å². The van der Waals surface area contributed by atoms with E-state index in [9.17, 15) is 13.9 Å². The second-order valence-corrected chi connectivity index (χ2v) is 4.02. The van der Waals surface area contributed by atoms with E-state index >= 15 is 0 Å². The molecule has 0 radical (unpaired) electrons. The minimum atomic E-state index is -1.01. The molecule has 0 amide bonds. The Morgan fingerprint density at radius 3 is 2.41 bits per heavy atom. The van der Waals surface area contributed by atoms with Crippen molar-refractivity contribution in [1.82, 2.24) is 0 Å². The fourth-order valence-corrected chi connectivity index (χ4v) is 1.80. The number of hydrogen-bond acceptors (Lipinski definition) is 2. The van der Waals surface area contributed by atoms with E-state index in [1.165, 1.54) is 0 Å². The zero-order chi connectivity index (χ0) is 12.3. The summed E-state index contributed by atoms with van der Waals surface area (Å²) in [5, 5.41) is 9.28. The van der Waals surface area contributed by atoms with Crippen LogP contribution in [0.4, 0.5) is 8.78 Å². The minimum absolute atomic E-state index is 0. The van der Waals surface area contributed by atoms with Crippen molar-refractivity contribution < 1.29 is 13.9 Å². The van der Waals surface area contributed by atoms with E-state index in [2.05, 4.69) is 0 Å². The van der Waals surface area contributed by atoms with Crippen molar-refractivity contribution in [2.45, 2.75) is 31.9 Å². The second-order valence-electron chi connectivity index (χ2n) is 3.64. The Balaban J connectivity index is 0.00000256. The molecule has 0 unspecified atom stereocenters. The Morgan fingerprint density at radius 2 is 1.88 bits per heavy atom. The summed E-state index contributed by atoms with van der Waals surface area (Å²) in [5.74, 6) is -1.44. The lowest BCUT2D eigenvalue weighted by atomic mass is 9.98. The first-order valence-corrected chi connectivity index (χ1v) is 5.43. The van der Waals surface area contributed by atoms with E-state index in [1.807, 2.05) is 6.92 Å². The molecule has 2 atom stereocenters. The maximum atomic E-state index is 13.4. The molecule has 0 aliphatic rings. The summed E-state index contributed by atoms with van der Waals surface area (Å²) in [4.78, 5) is 0. The normalized spacial score (nSPS) is 14.0. The standard InChI is InChI=1S/C11H14ClF2NO.ClH/c1-2-3-8(16)11(15)9-6(13)4-5-7(14)10(9)12;/h4-5,8,11,16H,2-3,15H2,1H3;1H/t8-,11-;/m0./s1. The van der Waals surface area contributed by atoms with E-state index in [-0.39, 0.29) is 23.0 Å². The van der Waals surface area contributed by atoms with Crippen LogP contribution in [0.1, 0.15) is 31.4 Å². The molecule has 0 aliphatic heterocycles. The second kappa shape index (κ2) is 7.11. The van der Waals surface area contributed by atoms with E-state index in [0.29, 0.717) is 12.8 Å². The number of aliphatic hydroxyl groups is 1. The summed E-state index contributed by atoms with van der Waals surface area (Å²) in [7, 11) is 0. The smallest absolute Gasteiger partial charge is 0.142 e. The molecule has 0 aliphatic carbocycles. The van der Waals surface area contributed by atoms with Crippen LogP contribution >= 0.6 is 24.0 Å². The summed E-state index contributed by atoms with van der Waals surface area (Å²) in [5.41, 5.74) is 5.49. The summed E-state index contributed by atoms with van der Waals surface area (Å²) < 4.78 is 26.6. The van der Waals surface area contributed by atoms with Crippen LogP contribution < -0.4 is 5.73 Å². The molecule has 17 heavy (non-hydrogen) atoms. The number of hydrogen-bond donors (Lipinski definition) is 2. The third kappa shape index (κ3) is 3.78. The molecule has 0 heterocycles. The highest BCUT2D eigenvalue weighted by atomic mass is 35.5. The van der Waals surface area contributed by atoms with E-state index in [0.717, 1.165) is 12.1 Å². The molecule has 0 fully saturated rings. The zero-order valence-electron chi connectivity index (χ0n) is 9.29. The zero-order valence-corrected chi connectivity index (χ0v) is 10.9. The highest BCUT2D eigenvalue weighted by Crippen LogP contribution is 2.29. The molecular weight excluding hydrogens is 271 g/mol. The van der Waals surface area contributed by atoms with E-state index < -0.39 is 23.8 Å². The Morgan fingerprint density at radius 1 is 1.35 bits per heavy atom. The highest BCUT2D eigenvalue weighted by Gasteiger charge is 2.23. The van der Waals surface area contributed by atoms with Crippen LogP contribution in [0, 0.1) is 11.6 Å². The molecule has 6 heteroatoms. The van der Waals surface area contributed by atoms with Gasteiger partial charge in [0, 0.05) is 5.56 Å². The molecule has 0 saturated carbocycles. The van der Waals surface area contributed by atoms with Crippen molar-refractivity contribution in [1.29, 1.82) is 0 Å². The van der Waals surface area contributed by atoms with E-state index in [4.69, 9.17) is 17.3 Å². The summed E-state index contributed by atoms with van der Waals surface area (Å²) >= 11 is 5.63. The van der Waals surface area contributed by atoms with Crippen LogP contribution in [0.15, 0.2) is 12.1 Å². The van der Waals surface area contributed by atoms with E-state index in [1.54, 1.807) is 0 Å². The summed E-state index contributed by atoms with van der Waals surface area (Å²) in [6, 6.07) is 0.873. The van der Waals surface area contributed by atoms with Gasteiger partial charge < -0.3 is 10.8 Å². The lowest BCUT2D eigenvalue weighted by molar-refractivity contribution is 0.132. The van der Waals surface area contributed by atoms with Crippen LogP contribution in [0.3, 0.4) is 0 Å². The maximum Gasteiger partial charge on any atom is 0.142 e. The molecule has 1 aromatic carbocycles. The predicted molar refractivity (Wildman–Crippen MR) is 66.5 cm³/mol. The fourth-order valence-electron chi connectivity index (χ4n) is 1.52. The van der Waals surface area contributed by atoms with Crippen LogP contribution in [-0.2, 0) is 0 Å². The van der Waals surface area contributed by atoms with Crippen molar-refractivity contribution in [2.75, 3.05) is 0 Å². The molecule has 1 aromatic rings. The molecule has 2 nitrogen and oxygen atoms in total. The van der Waals surface area contributed by atoms with Crippen LogP contribution in [0.25, 0.3) is 0 Å². The van der Waals surface area contributed by atoms with Gasteiger partial charge in [-0.15, -0.1) is 12.4 Å². The Labute approximate surface area is 110 Å². The van der Waals surface area contributed by atoms with Crippen molar-refractivity contribution in [3.8, 4) is 0 Å². The summed E-state index contributed by atoms with van der Waals surface area (Å²) in [6.07, 6.45) is 0.176. The van der Waals surface area contributed by atoms with Gasteiger partial charge >= 0.3 is 0 Å². The third-order valence-corrected chi connectivity index (χ3v) is 2.80. The van der Waals surface area contributed by atoms with Gasteiger partial charge in [0.05, 0.1) is 17.2 Å². The van der Waals surface area contributed by atoms with Gasteiger partial charge in [-0.25, -0.2) is 8.78 Å². The molecule has 0 bridgehead atoms. The average Bonchev–Trinajstić information content (AvgIpc) is 2.24. The van der Waals surface area contributed by atoms with Crippen LogP contribution in [0.5, 0.6) is 0 Å². The largest absolute Gasteiger partial charge is 0.391 e. The minimum Gasteiger partial charge on any atom is -0.391 e. The molecule has 1 rings (SSSR count). The molecule has 0 aromatic heterocycles. The van der Waals surface area contributed by atoms with Crippen LogP contribution in [0.2, 0.25) is 5.02 Å². The van der Waals surface area contributed by atoms with Gasteiger partial charge in [-0.2, -0.15) is 0 Å². The van der Waals surface area contributed by atoms with Crippen molar-refractivity contribution in [3.05, 3.63) is 34.4 Å². The third-order valence-electron chi connectivity index (χ3n) is 2.41. The van der Waals surface area contributed by atoms with Gasteiger partial charge in [0.1, 0.15) is 11.6 Å². The lowest BCUT2D eigenvalue weighted by Gasteiger charge is -2.20. The van der Waals surface area contributed by atoms with Crippen molar-refractivity contribution in [3.63, 3.8) is 0 Å². The van der Waals surface area contributed by atoms with Crippen molar-refractivity contribution >= 4 is 24.0 Å². The average molecular weight is 286 g/mol. The van der Waals surface area contributed by atoms with Gasteiger partial charge in [-0.05, 0) is 18.6 Å². The maximum absolute atomic E-state index is 13.4. The quantitative estimate of drug-likeness (QED) is 0.835. The summed E-state index contributed by atoms with van der Waals surface area (Å²) in [6.45, 7) is 1.86. The van der Waals surface area contributed by atoms with Gasteiger partial charge in [0.25, 0.3) is 0 Å². The Bertz CT molecular complexity index is 377. The SMILES string of the molecule is CCC[C@H](O)[C@H](N)c1c(F)ccc(F)c1Cl.Cl. The number of nitrogens with two attached hydrogens (primary N) is 1. The molecular formula is C11H15Cl2F2NO. The van der Waals surface area contributed by atoms with Gasteiger partial charge in [0.2, 0.25) is 0 Å². The molecule has 98 valence electrons. The number of rotatable bonds is 4. The number of halogens is 4. The van der Waals surface area contributed by atoms with Crippen molar-refractivity contribution in [2.24, 2.45) is 5.73 Å². The molecule has 3 N–H and O–H groups in total. The number of benzene rings is 1. The number of aliphatic hydroxyl groups excluding tert-OH is 1. The Hall–Kier alpha value is -0.420. The van der Waals surface area contributed by atoms with Gasteiger partial charge in [-0.3, -0.25) is 0 Å². The highest BCUT2D eigenvalue weighted by molar-refractivity contribution is 6.31. The van der Waals surface area contributed by atoms with Crippen LogP contribution in [-0.4, -0.2) is 11.2 Å². The molecule has 0 spiro atoms. The fraction of sp³-hybridized carbons (Fsp3) is 0.455. The first kappa shape index (κ1) is 16.6. The van der Waals surface area contributed by atoms with Gasteiger partial charge in [-0.1, -0.05) is 24.9 Å². The first-order valence-electron chi connectivity index (χ1n) is 5.06. The lowest BCUT2D eigenvalue weighted by Crippen LogP contribution is -2.27. The Kier molecular flexibility index (Phi) is 6.94. The monoisotopic (exact) mass is 285 g/mol. The molecule has 0 saturated heterocycles. The van der Waals surface area contributed by atoms with Gasteiger partial charge in [0.15, 0.2) is 0 Å². The first-order chi connectivity index (χ1) is 7.49. The predicted octanol–water partition coefficient (Wildman–Crippen LogP) is 3.20.